The van der Waals surface area contributed by atoms with Gasteiger partial charge in [0.25, 0.3) is 5.91 Å². The molecule has 0 aliphatic carbocycles. The second kappa shape index (κ2) is 8.11. The Hall–Kier alpha value is -3.68. The average Bonchev–Trinajstić information content (AvgIpc) is 3.39. The lowest BCUT2D eigenvalue weighted by molar-refractivity contribution is 0.102. The maximum atomic E-state index is 13.1. The van der Waals surface area contributed by atoms with Crippen molar-refractivity contribution in [1.82, 2.24) is 19.7 Å². The van der Waals surface area contributed by atoms with Crippen molar-refractivity contribution in [1.29, 1.82) is 0 Å². The summed E-state index contributed by atoms with van der Waals surface area (Å²) >= 11 is 0. The fourth-order valence-corrected chi connectivity index (χ4v) is 4.20. The third-order valence-electron chi connectivity index (χ3n) is 5.83. The molecular weight excluding hydrogens is 404 g/mol. The van der Waals surface area contributed by atoms with E-state index in [1.165, 1.54) is 6.26 Å². The number of nitrogens with zero attached hydrogens (tertiary/aromatic N) is 5. The van der Waals surface area contributed by atoms with Crippen molar-refractivity contribution in [3.63, 3.8) is 0 Å². The number of anilines is 2. The summed E-state index contributed by atoms with van der Waals surface area (Å²) in [5.74, 6) is 0.0856. The normalized spacial score (nSPS) is 14.2. The Balaban J connectivity index is 1.49. The fourth-order valence-electron chi connectivity index (χ4n) is 4.20. The maximum Gasteiger partial charge on any atom is 0.277 e. The highest BCUT2D eigenvalue weighted by Gasteiger charge is 2.21. The molecule has 0 spiro atoms. The molecule has 32 heavy (non-hydrogen) atoms. The number of rotatable bonds is 4. The van der Waals surface area contributed by atoms with Gasteiger partial charge in [-0.1, -0.05) is 0 Å². The second-order valence-electron chi connectivity index (χ2n) is 8.13. The molecule has 1 aliphatic rings. The molecule has 1 fully saturated rings. The quantitative estimate of drug-likeness (QED) is 0.520. The van der Waals surface area contributed by atoms with E-state index in [-0.39, 0.29) is 11.6 Å². The van der Waals surface area contributed by atoms with Crippen LogP contribution in [0.3, 0.4) is 0 Å². The van der Waals surface area contributed by atoms with E-state index in [9.17, 15) is 4.79 Å². The van der Waals surface area contributed by atoms with Crippen LogP contribution >= 0.6 is 0 Å². The summed E-state index contributed by atoms with van der Waals surface area (Å²) < 4.78 is 7.46. The van der Waals surface area contributed by atoms with Gasteiger partial charge in [-0.2, -0.15) is 5.10 Å². The molecule has 1 saturated heterocycles. The molecule has 8 heteroatoms. The van der Waals surface area contributed by atoms with Crippen LogP contribution in [-0.2, 0) is 7.05 Å². The number of amides is 1. The lowest BCUT2D eigenvalue weighted by Crippen LogP contribution is -2.30. The number of piperidine rings is 1. The summed E-state index contributed by atoms with van der Waals surface area (Å²) in [5.41, 5.74) is 5.59. The Kier molecular flexibility index (Phi) is 5.13. The van der Waals surface area contributed by atoms with Gasteiger partial charge in [0.2, 0.25) is 5.89 Å². The third kappa shape index (κ3) is 3.72. The smallest absolute Gasteiger partial charge is 0.277 e. The van der Waals surface area contributed by atoms with E-state index in [2.05, 4.69) is 37.8 Å². The Morgan fingerprint density at radius 1 is 1.16 bits per heavy atom. The van der Waals surface area contributed by atoms with Gasteiger partial charge in [-0.05, 0) is 57.4 Å². The molecule has 1 aromatic carbocycles. The highest BCUT2D eigenvalue weighted by Crippen LogP contribution is 2.34. The number of carbonyl (C=O) groups excluding carboxylic acids is 1. The van der Waals surface area contributed by atoms with Crippen LogP contribution in [-0.4, -0.2) is 38.7 Å². The number of carbonyl (C=O) groups is 1. The minimum Gasteiger partial charge on any atom is -0.444 e. The zero-order valence-corrected chi connectivity index (χ0v) is 18.4. The molecule has 8 nitrogen and oxygen atoms in total. The van der Waals surface area contributed by atoms with Gasteiger partial charge in [0.15, 0.2) is 5.69 Å². The summed E-state index contributed by atoms with van der Waals surface area (Å²) in [6.07, 6.45) is 7.44. The predicted molar refractivity (Wildman–Crippen MR) is 124 cm³/mol. The van der Waals surface area contributed by atoms with E-state index in [1.807, 2.05) is 43.8 Å². The zero-order chi connectivity index (χ0) is 22.2. The standard InChI is InChI=1S/C24H25N6O2/c1-15-11-17(7-8-25-15)24-27-20(14-32-24)23(31)26-19-12-18-16(2)28-29(3)21(18)13-22(19)30-9-5-4-6-10-30/h4,7-8,11-14H,5-6,9-10H2,1-3H3,(H,26,31). The molecule has 3 aromatic heterocycles. The van der Waals surface area contributed by atoms with E-state index < -0.39 is 0 Å². The number of aromatic nitrogens is 4. The molecule has 4 aromatic rings. The van der Waals surface area contributed by atoms with Crippen LogP contribution in [0.4, 0.5) is 11.4 Å². The van der Waals surface area contributed by atoms with Crippen molar-refractivity contribution in [3.8, 4) is 11.5 Å². The van der Waals surface area contributed by atoms with Crippen LogP contribution in [0.1, 0.15) is 34.7 Å². The Bertz CT molecular complexity index is 1300. The van der Waals surface area contributed by atoms with Crippen molar-refractivity contribution in [2.75, 3.05) is 23.3 Å². The third-order valence-corrected chi connectivity index (χ3v) is 5.83. The Morgan fingerprint density at radius 3 is 2.75 bits per heavy atom. The molecule has 5 rings (SSSR count). The van der Waals surface area contributed by atoms with Gasteiger partial charge >= 0.3 is 0 Å². The van der Waals surface area contributed by atoms with Crippen molar-refractivity contribution in [2.45, 2.75) is 26.7 Å². The van der Waals surface area contributed by atoms with Gasteiger partial charge in [0.05, 0.1) is 22.6 Å². The highest BCUT2D eigenvalue weighted by atomic mass is 16.3. The van der Waals surface area contributed by atoms with E-state index >= 15 is 0 Å². The number of nitrogens with one attached hydrogen (secondary N) is 1. The van der Waals surface area contributed by atoms with E-state index in [1.54, 1.807) is 6.20 Å². The Labute approximate surface area is 186 Å². The molecule has 0 atom stereocenters. The van der Waals surface area contributed by atoms with E-state index in [4.69, 9.17) is 4.42 Å². The monoisotopic (exact) mass is 429 g/mol. The molecule has 0 unspecified atom stereocenters. The molecule has 4 heterocycles. The largest absolute Gasteiger partial charge is 0.444 e. The first-order valence-electron chi connectivity index (χ1n) is 10.7. The van der Waals surface area contributed by atoms with Crippen LogP contribution in [0.15, 0.2) is 41.1 Å². The zero-order valence-electron chi connectivity index (χ0n) is 18.4. The number of pyridine rings is 1. The molecule has 1 aliphatic heterocycles. The van der Waals surface area contributed by atoms with Gasteiger partial charge in [-0.25, -0.2) is 4.98 Å². The van der Waals surface area contributed by atoms with Crippen LogP contribution in [0.5, 0.6) is 0 Å². The van der Waals surface area contributed by atoms with Crippen LogP contribution in [0.2, 0.25) is 0 Å². The van der Waals surface area contributed by atoms with Gasteiger partial charge in [0.1, 0.15) is 6.26 Å². The van der Waals surface area contributed by atoms with E-state index in [0.29, 0.717) is 5.89 Å². The van der Waals surface area contributed by atoms with Crippen molar-refractivity contribution in [2.24, 2.45) is 7.05 Å². The second-order valence-corrected chi connectivity index (χ2v) is 8.13. The summed E-state index contributed by atoms with van der Waals surface area (Å²) in [7, 11) is 1.94. The van der Waals surface area contributed by atoms with Gasteiger partial charge in [0, 0.05) is 43.0 Å². The number of fused-ring (bicyclic) bond motifs is 1. The van der Waals surface area contributed by atoms with Gasteiger partial charge in [-0.15, -0.1) is 0 Å². The average molecular weight is 430 g/mol. The fraction of sp³-hybridized carbons (Fsp3) is 0.292. The molecule has 0 bridgehead atoms. The molecule has 1 amide bonds. The molecular formula is C24H25N6O2. The topological polar surface area (TPSA) is 89.1 Å². The minimum atomic E-state index is -0.309. The number of oxazole rings is 1. The molecule has 1 N–H and O–H groups in total. The first kappa shape index (κ1) is 20.2. The number of benzene rings is 1. The van der Waals surface area contributed by atoms with Crippen LogP contribution in [0, 0.1) is 20.3 Å². The maximum absolute atomic E-state index is 13.1. The summed E-state index contributed by atoms with van der Waals surface area (Å²) in [6, 6.07) is 7.81. The lowest BCUT2D eigenvalue weighted by Gasteiger charge is -2.30. The highest BCUT2D eigenvalue weighted by molar-refractivity contribution is 6.06. The van der Waals surface area contributed by atoms with Crippen LogP contribution in [0.25, 0.3) is 22.4 Å². The SMILES string of the molecule is Cc1cc(-c2nc(C(=O)Nc3cc4c(C)nn(C)c4cc3N3CC[CH]CC3)co2)ccn1. The Morgan fingerprint density at radius 2 is 1.97 bits per heavy atom. The molecule has 0 saturated carbocycles. The first-order chi connectivity index (χ1) is 15.5. The lowest BCUT2D eigenvalue weighted by atomic mass is 10.1. The molecule has 163 valence electrons. The van der Waals surface area contributed by atoms with Crippen molar-refractivity contribution < 1.29 is 9.21 Å². The first-order valence-corrected chi connectivity index (χ1v) is 10.7. The number of hydrogen-bond donors (Lipinski definition) is 1. The molecule has 1 radical (unpaired) electrons. The summed E-state index contributed by atoms with van der Waals surface area (Å²) in [4.78, 5) is 24.0. The predicted octanol–water partition coefficient (Wildman–Crippen LogP) is 4.30. The van der Waals surface area contributed by atoms with E-state index in [0.717, 1.165) is 65.2 Å². The number of hydrogen-bond acceptors (Lipinski definition) is 6. The van der Waals surface area contributed by atoms with Crippen molar-refractivity contribution >= 4 is 28.2 Å². The minimum absolute atomic E-state index is 0.232. The summed E-state index contributed by atoms with van der Waals surface area (Å²) in [5, 5.41) is 8.63. The van der Waals surface area contributed by atoms with Gasteiger partial charge < -0.3 is 14.6 Å². The van der Waals surface area contributed by atoms with Crippen molar-refractivity contribution in [3.05, 3.63) is 60.2 Å². The summed E-state index contributed by atoms with van der Waals surface area (Å²) in [6.45, 7) is 5.71. The van der Waals surface area contributed by atoms with Gasteiger partial charge in [-0.3, -0.25) is 14.5 Å². The van der Waals surface area contributed by atoms with Crippen LogP contribution < -0.4 is 10.2 Å². The number of aryl methyl sites for hydroxylation is 3.